The van der Waals surface area contributed by atoms with E-state index >= 15 is 0 Å². The summed E-state index contributed by atoms with van der Waals surface area (Å²) in [6.07, 6.45) is 10.3. The molecule has 0 radical (unpaired) electrons. The second-order valence-electron chi connectivity index (χ2n) is 9.19. The molecule has 0 aromatic heterocycles. The van der Waals surface area contributed by atoms with Crippen molar-refractivity contribution < 1.29 is 4.74 Å². The van der Waals surface area contributed by atoms with Gasteiger partial charge in [0, 0.05) is 76.1 Å². The van der Waals surface area contributed by atoms with Gasteiger partial charge in [0.25, 0.3) is 0 Å². The summed E-state index contributed by atoms with van der Waals surface area (Å²) in [5, 5.41) is 7.30. The first-order chi connectivity index (χ1) is 14.8. The summed E-state index contributed by atoms with van der Waals surface area (Å²) < 4.78 is 5.19. The van der Waals surface area contributed by atoms with Crippen LogP contribution in [0.15, 0.2) is 4.99 Å². The summed E-state index contributed by atoms with van der Waals surface area (Å²) in [7, 11) is 1.79. The number of thioether (sulfide) groups is 1. The van der Waals surface area contributed by atoms with Crippen LogP contribution in [0.1, 0.15) is 58.3 Å². The van der Waals surface area contributed by atoms with Crippen molar-refractivity contribution in [2.75, 3.05) is 71.0 Å². The molecule has 0 aromatic rings. The zero-order valence-corrected chi connectivity index (χ0v) is 23.0. The lowest BCUT2D eigenvalue weighted by Crippen LogP contribution is -2.56. The molecule has 0 bridgehead atoms. The van der Waals surface area contributed by atoms with Crippen LogP contribution in [0.3, 0.4) is 0 Å². The van der Waals surface area contributed by atoms with Gasteiger partial charge < -0.3 is 20.3 Å². The van der Waals surface area contributed by atoms with Crippen LogP contribution in [0.25, 0.3) is 0 Å². The number of rotatable bonds is 9. The van der Waals surface area contributed by atoms with E-state index in [4.69, 9.17) is 9.73 Å². The molecule has 31 heavy (non-hydrogen) atoms. The molecule has 0 amide bonds. The van der Waals surface area contributed by atoms with E-state index in [-0.39, 0.29) is 24.0 Å². The van der Waals surface area contributed by atoms with Crippen molar-refractivity contribution in [3.63, 3.8) is 0 Å². The molecule has 3 aliphatic rings. The average molecular weight is 568 g/mol. The van der Waals surface area contributed by atoms with Crippen molar-refractivity contribution in [3.05, 3.63) is 0 Å². The molecule has 0 unspecified atom stereocenters. The Labute approximate surface area is 212 Å². The number of methoxy groups -OCH3 is 1. The third-order valence-corrected chi connectivity index (χ3v) is 8.04. The Balaban J connectivity index is 0.00000341. The SMILES string of the molecule is CCNC(=NCC1(N2CCSCC2)CCCCC1)NC1CCN(CCCOC)CC1.I. The van der Waals surface area contributed by atoms with Gasteiger partial charge in [0.05, 0.1) is 6.54 Å². The molecule has 2 aliphatic heterocycles. The second-order valence-corrected chi connectivity index (χ2v) is 10.4. The summed E-state index contributed by atoms with van der Waals surface area (Å²) >= 11 is 2.11. The highest BCUT2D eigenvalue weighted by Gasteiger charge is 2.38. The van der Waals surface area contributed by atoms with Crippen molar-refractivity contribution in [2.45, 2.75) is 69.9 Å². The Bertz CT molecular complexity index is 504. The number of hydrogen-bond donors (Lipinski definition) is 2. The van der Waals surface area contributed by atoms with E-state index in [1.165, 1.54) is 82.6 Å². The lowest BCUT2D eigenvalue weighted by molar-refractivity contribution is 0.0671. The lowest BCUT2D eigenvalue weighted by Gasteiger charge is -2.47. The third kappa shape index (κ3) is 8.83. The number of hydrogen-bond acceptors (Lipinski definition) is 5. The largest absolute Gasteiger partial charge is 0.385 e. The number of nitrogens with one attached hydrogen (secondary N) is 2. The molecule has 8 heteroatoms. The van der Waals surface area contributed by atoms with Gasteiger partial charge in [-0.05, 0) is 39.0 Å². The summed E-state index contributed by atoms with van der Waals surface area (Å²) in [6, 6.07) is 0.537. The standard InChI is InChI=1S/C23H45N5OS.HI/c1-3-24-22(26-21-8-13-27(14-9-21)12-7-17-29-2)25-20-23(10-5-4-6-11-23)28-15-18-30-19-16-28;/h21H,3-20H2,1-2H3,(H2,24,25,26);1H. The number of nitrogens with zero attached hydrogens (tertiary/aromatic N) is 3. The highest BCUT2D eigenvalue weighted by molar-refractivity contribution is 14.0. The summed E-state index contributed by atoms with van der Waals surface area (Å²) in [4.78, 5) is 10.5. The van der Waals surface area contributed by atoms with Crippen molar-refractivity contribution in [1.29, 1.82) is 0 Å². The van der Waals surface area contributed by atoms with Crippen LogP contribution in [-0.2, 0) is 4.74 Å². The zero-order valence-electron chi connectivity index (χ0n) is 19.9. The zero-order chi connectivity index (χ0) is 21.1. The Morgan fingerprint density at radius 2 is 1.81 bits per heavy atom. The minimum atomic E-state index is 0. The van der Waals surface area contributed by atoms with Gasteiger partial charge in [-0.2, -0.15) is 11.8 Å². The van der Waals surface area contributed by atoms with E-state index < -0.39 is 0 Å². The molecular formula is C23H46IN5OS. The maximum Gasteiger partial charge on any atom is 0.191 e. The van der Waals surface area contributed by atoms with Crippen LogP contribution >= 0.6 is 35.7 Å². The monoisotopic (exact) mass is 567 g/mol. The second kappa shape index (κ2) is 15.2. The lowest BCUT2D eigenvalue weighted by atomic mass is 9.80. The molecule has 1 aliphatic carbocycles. The third-order valence-electron chi connectivity index (χ3n) is 7.09. The fraction of sp³-hybridized carbons (Fsp3) is 0.957. The molecule has 2 heterocycles. The molecule has 0 spiro atoms. The van der Waals surface area contributed by atoms with Gasteiger partial charge in [-0.3, -0.25) is 9.89 Å². The van der Waals surface area contributed by atoms with Crippen LogP contribution in [0.5, 0.6) is 0 Å². The van der Waals surface area contributed by atoms with E-state index in [9.17, 15) is 0 Å². The molecule has 3 fully saturated rings. The number of halogens is 1. The fourth-order valence-electron chi connectivity index (χ4n) is 5.29. The molecule has 6 nitrogen and oxygen atoms in total. The van der Waals surface area contributed by atoms with Gasteiger partial charge in [-0.1, -0.05) is 19.3 Å². The quantitative estimate of drug-likeness (QED) is 0.193. The first-order valence-electron chi connectivity index (χ1n) is 12.3. The van der Waals surface area contributed by atoms with Crippen molar-refractivity contribution in [3.8, 4) is 0 Å². The van der Waals surface area contributed by atoms with E-state index in [1.54, 1.807) is 7.11 Å². The van der Waals surface area contributed by atoms with Crippen LogP contribution < -0.4 is 10.6 Å². The Morgan fingerprint density at radius 1 is 1.10 bits per heavy atom. The first kappa shape index (κ1) is 27.5. The fourth-order valence-corrected chi connectivity index (χ4v) is 6.20. The van der Waals surface area contributed by atoms with E-state index in [1.807, 2.05) is 0 Å². The van der Waals surface area contributed by atoms with Gasteiger partial charge in [0.15, 0.2) is 5.96 Å². The van der Waals surface area contributed by atoms with Crippen LogP contribution in [0.2, 0.25) is 0 Å². The minimum Gasteiger partial charge on any atom is -0.385 e. The van der Waals surface area contributed by atoms with Gasteiger partial charge in [0.1, 0.15) is 0 Å². The van der Waals surface area contributed by atoms with E-state index in [2.05, 4.69) is 39.1 Å². The maximum atomic E-state index is 5.19. The smallest absolute Gasteiger partial charge is 0.191 e. The molecule has 182 valence electrons. The Hall–Kier alpha value is 0.230. The van der Waals surface area contributed by atoms with Crippen molar-refractivity contribution in [1.82, 2.24) is 20.4 Å². The molecule has 3 rings (SSSR count). The van der Waals surface area contributed by atoms with Crippen LogP contribution in [0, 0.1) is 0 Å². The Morgan fingerprint density at radius 3 is 2.45 bits per heavy atom. The van der Waals surface area contributed by atoms with Crippen molar-refractivity contribution >= 4 is 41.7 Å². The Kier molecular flexibility index (Phi) is 13.5. The maximum absolute atomic E-state index is 5.19. The topological polar surface area (TPSA) is 52.1 Å². The highest BCUT2D eigenvalue weighted by atomic mass is 127. The molecule has 2 saturated heterocycles. The van der Waals surface area contributed by atoms with Gasteiger partial charge in [0.2, 0.25) is 0 Å². The predicted octanol–water partition coefficient (Wildman–Crippen LogP) is 3.41. The predicted molar refractivity (Wildman–Crippen MR) is 145 cm³/mol. The van der Waals surface area contributed by atoms with Gasteiger partial charge in [-0.25, -0.2) is 0 Å². The molecular weight excluding hydrogens is 521 g/mol. The number of aliphatic imine (C=N–C) groups is 1. The highest BCUT2D eigenvalue weighted by Crippen LogP contribution is 2.35. The van der Waals surface area contributed by atoms with E-state index in [0.29, 0.717) is 11.6 Å². The number of likely N-dealkylation sites (tertiary alicyclic amines) is 1. The van der Waals surface area contributed by atoms with Crippen molar-refractivity contribution in [2.24, 2.45) is 4.99 Å². The molecule has 0 aromatic carbocycles. The molecule has 1 saturated carbocycles. The minimum absolute atomic E-state index is 0. The van der Waals surface area contributed by atoms with Gasteiger partial charge in [-0.15, -0.1) is 24.0 Å². The average Bonchev–Trinajstić information content (AvgIpc) is 2.80. The number of guanidine groups is 1. The molecule has 0 atom stereocenters. The molecule has 2 N–H and O–H groups in total. The normalized spacial score (nSPS) is 23.9. The number of piperidine rings is 1. The van der Waals surface area contributed by atoms with E-state index in [0.717, 1.165) is 38.6 Å². The first-order valence-corrected chi connectivity index (χ1v) is 13.5. The summed E-state index contributed by atoms with van der Waals surface area (Å²) in [5.74, 6) is 3.60. The number of ether oxygens (including phenoxy) is 1. The van der Waals surface area contributed by atoms with Crippen LogP contribution in [0.4, 0.5) is 0 Å². The summed E-state index contributed by atoms with van der Waals surface area (Å²) in [6.45, 7) is 10.9. The van der Waals surface area contributed by atoms with Crippen LogP contribution in [-0.4, -0.2) is 98.4 Å². The summed E-state index contributed by atoms with van der Waals surface area (Å²) in [5.41, 5.74) is 0.298. The van der Waals surface area contributed by atoms with Gasteiger partial charge >= 0.3 is 0 Å².